The molecule has 1 aliphatic heterocycles. The molecule has 0 aromatic carbocycles. The van der Waals surface area contributed by atoms with Gasteiger partial charge in [0.2, 0.25) is 0 Å². The van der Waals surface area contributed by atoms with Crippen LogP contribution in [0.5, 0.6) is 0 Å². The summed E-state index contributed by atoms with van der Waals surface area (Å²) in [5, 5.41) is 20.8. The topological polar surface area (TPSA) is 107 Å². The number of carbonyl (C=O) groups is 1. The molecular formula is C8H7N3O5S. The third-order valence-electron chi connectivity index (χ3n) is 2.41. The van der Waals surface area contributed by atoms with Gasteiger partial charge in [-0.2, -0.15) is 0 Å². The molecule has 2 heterocycles. The van der Waals surface area contributed by atoms with Crippen molar-refractivity contribution in [2.45, 2.75) is 12.8 Å². The molecule has 17 heavy (non-hydrogen) atoms. The number of hydrogen-bond acceptors (Lipinski definition) is 6. The number of rotatable bonds is 2. The van der Waals surface area contributed by atoms with Crippen molar-refractivity contribution >= 4 is 22.2 Å². The number of nitro groups is 2. The zero-order chi connectivity index (χ0) is 12.6. The second kappa shape index (κ2) is 4.09. The first-order valence-electron chi connectivity index (χ1n) is 4.74. The summed E-state index contributed by atoms with van der Waals surface area (Å²) in [4.78, 5) is 33.0. The fourth-order valence-corrected chi connectivity index (χ4v) is 2.66. The Morgan fingerprint density at radius 3 is 2.65 bits per heavy atom. The van der Waals surface area contributed by atoms with E-state index < -0.39 is 15.9 Å². The average Bonchev–Trinajstić information content (AvgIpc) is 2.61. The number of thiophene rings is 1. The summed E-state index contributed by atoms with van der Waals surface area (Å²) in [6, 6.07) is 1.12. The zero-order valence-electron chi connectivity index (χ0n) is 8.49. The Labute approximate surface area is 98.7 Å². The minimum atomic E-state index is -0.777. The second-order valence-corrected chi connectivity index (χ2v) is 4.56. The van der Waals surface area contributed by atoms with E-state index >= 15 is 0 Å². The van der Waals surface area contributed by atoms with Gasteiger partial charge in [0, 0.05) is 10.9 Å². The van der Waals surface area contributed by atoms with Crippen LogP contribution in [-0.2, 0) is 6.42 Å². The van der Waals surface area contributed by atoms with Gasteiger partial charge in [0.25, 0.3) is 0 Å². The van der Waals surface area contributed by atoms with Gasteiger partial charge in [0.1, 0.15) is 0 Å². The van der Waals surface area contributed by atoms with Crippen LogP contribution in [0.15, 0.2) is 6.07 Å². The molecule has 1 aromatic rings. The first kappa shape index (κ1) is 11.5. The number of carbonyl (C=O) groups excluding carboxylic acids is 1. The molecule has 1 amide bonds. The Balaban J connectivity index is 2.43. The van der Waals surface area contributed by atoms with Gasteiger partial charge in [-0.05, 0) is 12.8 Å². The molecule has 0 fully saturated rings. The van der Waals surface area contributed by atoms with E-state index in [9.17, 15) is 25.0 Å². The Kier molecular flexibility index (Phi) is 2.76. The predicted octanol–water partition coefficient (Wildman–Crippen LogP) is 1.24. The van der Waals surface area contributed by atoms with E-state index in [0.717, 1.165) is 17.4 Å². The Morgan fingerprint density at radius 1 is 1.35 bits per heavy atom. The van der Waals surface area contributed by atoms with Crippen LogP contribution < -0.4 is 0 Å². The second-order valence-electron chi connectivity index (χ2n) is 3.45. The standard InChI is InChI=1S/C8H7N3O5S/c12-8-5-4-7(10(13)14)17-6(5)2-1-3-9(8)11(15)16/h4H,1-3H2. The smallest absolute Gasteiger partial charge is 0.263 e. The molecule has 1 aliphatic rings. The van der Waals surface area contributed by atoms with E-state index in [1.807, 2.05) is 0 Å². The Bertz CT molecular complexity index is 511. The van der Waals surface area contributed by atoms with Crippen molar-refractivity contribution in [3.8, 4) is 0 Å². The lowest BCUT2D eigenvalue weighted by molar-refractivity contribution is -0.631. The Hall–Kier alpha value is -2.03. The maximum Gasteiger partial charge on any atom is 0.325 e. The van der Waals surface area contributed by atoms with Crippen molar-refractivity contribution < 1.29 is 14.8 Å². The fraction of sp³-hybridized carbons (Fsp3) is 0.375. The minimum Gasteiger partial charge on any atom is -0.263 e. The van der Waals surface area contributed by atoms with Crippen LogP contribution in [0.2, 0.25) is 0 Å². The molecule has 0 aliphatic carbocycles. The molecule has 2 rings (SSSR count). The lowest BCUT2D eigenvalue weighted by Crippen LogP contribution is -2.35. The largest absolute Gasteiger partial charge is 0.325 e. The number of amides is 1. The van der Waals surface area contributed by atoms with Crippen molar-refractivity contribution in [2.75, 3.05) is 6.54 Å². The third kappa shape index (κ3) is 1.96. The van der Waals surface area contributed by atoms with Crippen LogP contribution in [-0.4, -0.2) is 27.4 Å². The average molecular weight is 257 g/mol. The highest BCUT2D eigenvalue weighted by atomic mass is 32.1. The number of aryl methyl sites for hydroxylation is 1. The van der Waals surface area contributed by atoms with Gasteiger partial charge >= 0.3 is 10.9 Å². The van der Waals surface area contributed by atoms with Gasteiger partial charge in [0.05, 0.1) is 17.0 Å². The van der Waals surface area contributed by atoms with Gasteiger partial charge in [-0.3, -0.25) is 14.9 Å². The van der Waals surface area contributed by atoms with E-state index in [-0.39, 0.29) is 17.1 Å². The first-order chi connectivity index (χ1) is 8.00. The highest BCUT2D eigenvalue weighted by molar-refractivity contribution is 7.15. The minimum absolute atomic E-state index is 0.0288. The monoisotopic (exact) mass is 257 g/mol. The summed E-state index contributed by atoms with van der Waals surface area (Å²) in [7, 11) is 0. The van der Waals surface area contributed by atoms with Crippen LogP contribution in [0.3, 0.4) is 0 Å². The molecular weight excluding hydrogens is 250 g/mol. The van der Waals surface area contributed by atoms with E-state index in [1.165, 1.54) is 0 Å². The van der Waals surface area contributed by atoms with E-state index in [0.29, 0.717) is 22.7 Å². The predicted molar refractivity (Wildman–Crippen MR) is 57.3 cm³/mol. The van der Waals surface area contributed by atoms with Crippen molar-refractivity contribution in [2.24, 2.45) is 0 Å². The normalized spacial score (nSPS) is 15.3. The summed E-state index contributed by atoms with van der Waals surface area (Å²) in [6.45, 7) is 0.0288. The summed E-state index contributed by atoms with van der Waals surface area (Å²) in [6.07, 6.45) is 0.876. The molecule has 9 heteroatoms. The lowest BCUT2D eigenvalue weighted by Gasteiger charge is -2.07. The van der Waals surface area contributed by atoms with E-state index in [4.69, 9.17) is 0 Å². The molecule has 0 radical (unpaired) electrons. The highest BCUT2D eigenvalue weighted by Gasteiger charge is 2.33. The summed E-state index contributed by atoms with van der Waals surface area (Å²) >= 11 is 0.905. The molecule has 0 bridgehead atoms. The van der Waals surface area contributed by atoms with Gasteiger partial charge < -0.3 is 0 Å². The number of hydrazine groups is 1. The highest BCUT2D eigenvalue weighted by Crippen LogP contribution is 2.32. The number of fused-ring (bicyclic) bond motifs is 1. The third-order valence-corrected chi connectivity index (χ3v) is 3.56. The first-order valence-corrected chi connectivity index (χ1v) is 5.55. The lowest BCUT2D eigenvalue weighted by atomic mass is 10.2. The molecule has 0 saturated heterocycles. The quantitative estimate of drug-likeness (QED) is 0.585. The van der Waals surface area contributed by atoms with Crippen LogP contribution in [0.1, 0.15) is 21.7 Å². The fourth-order valence-electron chi connectivity index (χ4n) is 1.66. The maximum absolute atomic E-state index is 11.8. The molecule has 0 saturated carbocycles. The van der Waals surface area contributed by atoms with Gasteiger partial charge in [0.15, 0.2) is 5.03 Å². The summed E-state index contributed by atoms with van der Waals surface area (Å²) < 4.78 is 0. The maximum atomic E-state index is 11.8. The SMILES string of the molecule is O=C1c2cc([N+](=O)[O-])sc2CCCN1[N+](=O)[O-]. The zero-order valence-corrected chi connectivity index (χ0v) is 9.31. The molecule has 1 aromatic heterocycles. The molecule has 0 N–H and O–H groups in total. The molecule has 0 unspecified atom stereocenters. The number of hydrogen-bond donors (Lipinski definition) is 0. The van der Waals surface area contributed by atoms with Crippen LogP contribution in [0.25, 0.3) is 0 Å². The van der Waals surface area contributed by atoms with E-state index in [1.54, 1.807) is 0 Å². The molecule has 0 spiro atoms. The Morgan fingerprint density at radius 2 is 2.06 bits per heavy atom. The molecule has 90 valence electrons. The van der Waals surface area contributed by atoms with Gasteiger partial charge in [-0.25, -0.2) is 10.1 Å². The van der Waals surface area contributed by atoms with Crippen molar-refractivity contribution in [3.63, 3.8) is 0 Å². The van der Waals surface area contributed by atoms with Crippen LogP contribution in [0.4, 0.5) is 5.00 Å². The summed E-state index contributed by atoms with van der Waals surface area (Å²) in [5.74, 6) is -0.771. The van der Waals surface area contributed by atoms with E-state index in [2.05, 4.69) is 0 Å². The van der Waals surface area contributed by atoms with Crippen molar-refractivity contribution in [1.29, 1.82) is 0 Å². The number of nitrogens with zero attached hydrogens (tertiary/aromatic N) is 3. The van der Waals surface area contributed by atoms with Crippen molar-refractivity contribution in [1.82, 2.24) is 5.01 Å². The summed E-state index contributed by atoms with van der Waals surface area (Å²) in [5.41, 5.74) is 0.0795. The van der Waals surface area contributed by atoms with Gasteiger partial charge in [-0.15, -0.1) is 0 Å². The van der Waals surface area contributed by atoms with Gasteiger partial charge in [-0.1, -0.05) is 16.3 Å². The molecule has 0 atom stereocenters. The van der Waals surface area contributed by atoms with Crippen molar-refractivity contribution in [3.05, 3.63) is 36.7 Å². The molecule has 8 nitrogen and oxygen atoms in total. The van der Waals surface area contributed by atoms with Crippen LogP contribution >= 0.6 is 11.3 Å². The van der Waals surface area contributed by atoms with Crippen LogP contribution in [0, 0.1) is 20.2 Å².